The van der Waals surface area contributed by atoms with Gasteiger partial charge in [0.2, 0.25) is 5.91 Å². The zero-order chi connectivity index (χ0) is 12.7. The molecule has 0 spiro atoms. The highest BCUT2D eigenvalue weighted by Gasteiger charge is 2.17. The number of amides is 3. The van der Waals surface area contributed by atoms with Crippen molar-refractivity contribution < 1.29 is 9.59 Å². The van der Waals surface area contributed by atoms with E-state index < -0.39 is 6.03 Å². The molecule has 1 aliphatic rings. The quantitative estimate of drug-likeness (QED) is 0.672. The van der Waals surface area contributed by atoms with Crippen molar-refractivity contribution in [3.05, 3.63) is 0 Å². The van der Waals surface area contributed by atoms with E-state index in [9.17, 15) is 9.59 Å². The molecule has 1 aliphatic carbocycles. The van der Waals surface area contributed by atoms with E-state index in [1.165, 1.54) is 32.7 Å². The molecule has 98 valence electrons. The largest absolute Gasteiger partial charge is 0.341 e. The maximum atomic E-state index is 11.5. The lowest BCUT2D eigenvalue weighted by molar-refractivity contribution is -0.121. The molecule has 17 heavy (non-hydrogen) atoms. The number of carbonyl (C=O) groups excluding carboxylic acids is 2. The Kier molecular flexibility index (Phi) is 5.97. The third-order valence-corrected chi connectivity index (χ3v) is 3.33. The van der Waals surface area contributed by atoms with Gasteiger partial charge < -0.3 is 10.6 Å². The number of imide groups is 1. The zero-order valence-corrected chi connectivity index (χ0v) is 10.7. The van der Waals surface area contributed by atoms with Gasteiger partial charge in [-0.15, -0.1) is 0 Å². The molecule has 1 fully saturated rings. The maximum Gasteiger partial charge on any atom is 0.321 e. The van der Waals surface area contributed by atoms with E-state index in [4.69, 9.17) is 0 Å². The smallest absolute Gasteiger partial charge is 0.321 e. The van der Waals surface area contributed by atoms with Crippen LogP contribution in [0.25, 0.3) is 0 Å². The molecule has 5 nitrogen and oxygen atoms in total. The molecule has 0 bridgehead atoms. The Morgan fingerprint density at radius 2 is 1.94 bits per heavy atom. The molecule has 1 saturated carbocycles. The summed E-state index contributed by atoms with van der Waals surface area (Å²) < 4.78 is 0. The summed E-state index contributed by atoms with van der Waals surface area (Å²) in [4.78, 5) is 22.4. The van der Waals surface area contributed by atoms with Crippen LogP contribution in [0.3, 0.4) is 0 Å². The molecular weight excluding hydrogens is 218 g/mol. The molecule has 3 N–H and O–H groups in total. The minimum Gasteiger partial charge on any atom is -0.341 e. The van der Waals surface area contributed by atoms with Crippen molar-refractivity contribution in [2.45, 2.75) is 45.1 Å². The van der Waals surface area contributed by atoms with E-state index in [1.54, 1.807) is 6.92 Å². The highest BCUT2D eigenvalue weighted by atomic mass is 16.2. The molecule has 1 unspecified atom stereocenters. The maximum absolute atomic E-state index is 11.5. The van der Waals surface area contributed by atoms with Crippen LogP contribution < -0.4 is 16.0 Å². The fraction of sp³-hybridized carbons (Fsp3) is 0.833. The van der Waals surface area contributed by atoms with Crippen LogP contribution in [0.4, 0.5) is 4.79 Å². The van der Waals surface area contributed by atoms with Gasteiger partial charge in [0.05, 0.1) is 6.04 Å². The van der Waals surface area contributed by atoms with Gasteiger partial charge in [-0.1, -0.05) is 25.7 Å². The van der Waals surface area contributed by atoms with Crippen LogP contribution in [0, 0.1) is 5.92 Å². The van der Waals surface area contributed by atoms with Crippen LogP contribution in [0.1, 0.15) is 39.0 Å². The van der Waals surface area contributed by atoms with Crippen LogP contribution >= 0.6 is 0 Å². The van der Waals surface area contributed by atoms with Crippen molar-refractivity contribution >= 4 is 11.9 Å². The first-order chi connectivity index (χ1) is 8.13. The van der Waals surface area contributed by atoms with E-state index in [2.05, 4.69) is 16.0 Å². The van der Waals surface area contributed by atoms with Gasteiger partial charge in [-0.3, -0.25) is 10.1 Å². The molecule has 0 aromatic rings. The summed E-state index contributed by atoms with van der Waals surface area (Å²) in [6.07, 6.45) is 6.45. The van der Waals surface area contributed by atoms with E-state index in [0.717, 1.165) is 18.9 Å². The van der Waals surface area contributed by atoms with Crippen LogP contribution in [0.15, 0.2) is 0 Å². The normalized spacial score (nSPS) is 17.8. The second kappa shape index (κ2) is 7.27. The van der Waals surface area contributed by atoms with Crippen molar-refractivity contribution in [3.63, 3.8) is 0 Å². The van der Waals surface area contributed by atoms with E-state index in [-0.39, 0.29) is 11.9 Å². The average Bonchev–Trinajstić information content (AvgIpc) is 2.81. The summed E-state index contributed by atoms with van der Waals surface area (Å²) in [5, 5.41) is 7.76. The van der Waals surface area contributed by atoms with Crippen molar-refractivity contribution in [1.82, 2.24) is 16.0 Å². The summed E-state index contributed by atoms with van der Waals surface area (Å²) in [6, 6.07) is -0.784. The molecule has 0 aromatic heterocycles. The number of rotatable bonds is 5. The second-order valence-corrected chi connectivity index (χ2v) is 4.68. The van der Waals surface area contributed by atoms with Crippen molar-refractivity contribution in [3.8, 4) is 0 Å². The van der Waals surface area contributed by atoms with Crippen molar-refractivity contribution in [2.24, 2.45) is 5.92 Å². The molecule has 3 amide bonds. The second-order valence-electron chi connectivity index (χ2n) is 4.68. The zero-order valence-electron chi connectivity index (χ0n) is 10.7. The Morgan fingerprint density at radius 1 is 1.29 bits per heavy atom. The molecule has 0 aromatic carbocycles. The molecule has 1 rings (SSSR count). The molecule has 5 heteroatoms. The molecular formula is C12H23N3O2. The predicted molar refractivity (Wildman–Crippen MR) is 66.6 cm³/mol. The third kappa shape index (κ3) is 5.17. The Bertz CT molecular complexity index is 262. The lowest BCUT2D eigenvalue weighted by Gasteiger charge is -2.15. The Hall–Kier alpha value is -1.10. The van der Waals surface area contributed by atoms with Gasteiger partial charge in [0.1, 0.15) is 0 Å². The van der Waals surface area contributed by atoms with Gasteiger partial charge in [0.15, 0.2) is 0 Å². The summed E-state index contributed by atoms with van der Waals surface area (Å²) in [5.41, 5.74) is 0. The number of nitrogens with one attached hydrogen (secondary N) is 3. The first kappa shape index (κ1) is 14.0. The number of carbonyl (C=O) groups is 2. The van der Waals surface area contributed by atoms with Gasteiger partial charge in [0, 0.05) is 7.05 Å². The van der Waals surface area contributed by atoms with Crippen molar-refractivity contribution in [2.75, 3.05) is 13.6 Å². The average molecular weight is 241 g/mol. The number of hydrogen-bond acceptors (Lipinski definition) is 3. The third-order valence-electron chi connectivity index (χ3n) is 3.33. The van der Waals surface area contributed by atoms with Crippen LogP contribution in [0.2, 0.25) is 0 Å². The molecule has 0 aliphatic heterocycles. The lowest BCUT2D eigenvalue weighted by Crippen LogP contribution is -2.47. The Balaban J connectivity index is 2.12. The fourth-order valence-electron chi connectivity index (χ4n) is 2.18. The summed E-state index contributed by atoms with van der Waals surface area (Å²) in [7, 11) is 1.49. The molecule has 0 heterocycles. The summed E-state index contributed by atoms with van der Waals surface area (Å²) >= 11 is 0. The van der Waals surface area contributed by atoms with Crippen LogP contribution in [-0.4, -0.2) is 31.6 Å². The monoisotopic (exact) mass is 241 g/mol. The molecule has 0 radical (unpaired) electrons. The highest BCUT2D eigenvalue weighted by molar-refractivity contribution is 5.96. The Morgan fingerprint density at radius 3 is 2.53 bits per heavy atom. The summed E-state index contributed by atoms with van der Waals surface area (Å²) in [5.74, 6) is 0.535. The predicted octanol–water partition coefficient (Wildman–Crippen LogP) is 1.00. The van der Waals surface area contributed by atoms with Gasteiger partial charge in [-0.25, -0.2) is 4.79 Å². The lowest BCUT2D eigenvalue weighted by atomic mass is 10.0. The molecule has 1 atom stereocenters. The van der Waals surface area contributed by atoms with Gasteiger partial charge in [-0.2, -0.15) is 0 Å². The van der Waals surface area contributed by atoms with Crippen LogP contribution in [0.5, 0.6) is 0 Å². The number of hydrogen-bond donors (Lipinski definition) is 3. The van der Waals surface area contributed by atoms with Gasteiger partial charge in [-0.05, 0) is 25.8 Å². The first-order valence-corrected chi connectivity index (χ1v) is 6.39. The van der Waals surface area contributed by atoms with Gasteiger partial charge in [0.25, 0.3) is 0 Å². The van der Waals surface area contributed by atoms with Gasteiger partial charge >= 0.3 is 6.03 Å². The van der Waals surface area contributed by atoms with E-state index >= 15 is 0 Å². The summed E-state index contributed by atoms with van der Waals surface area (Å²) in [6.45, 7) is 2.61. The molecule has 0 saturated heterocycles. The topological polar surface area (TPSA) is 70.2 Å². The standard InChI is InChI=1S/C12H23N3O2/c1-9(11(16)15-12(17)13-2)14-8-7-10-5-3-4-6-10/h9-10,14H,3-8H2,1-2H3,(H2,13,15,16,17). The minimum absolute atomic E-state index is 0.282. The highest BCUT2D eigenvalue weighted by Crippen LogP contribution is 2.26. The Labute approximate surface area is 103 Å². The minimum atomic E-state index is -0.459. The number of urea groups is 1. The SMILES string of the molecule is CNC(=O)NC(=O)C(C)NCCC1CCCC1. The van der Waals surface area contributed by atoms with Crippen molar-refractivity contribution in [1.29, 1.82) is 0 Å². The first-order valence-electron chi connectivity index (χ1n) is 6.39. The van der Waals surface area contributed by atoms with E-state index in [1.807, 2.05) is 0 Å². The van der Waals surface area contributed by atoms with E-state index in [0.29, 0.717) is 0 Å². The fourth-order valence-corrected chi connectivity index (χ4v) is 2.18. The van der Waals surface area contributed by atoms with Crippen LogP contribution in [-0.2, 0) is 4.79 Å².